The second-order valence-corrected chi connectivity index (χ2v) is 4.37. The third-order valence-electron chi connectivity index (χ3n) is 2.77. The molecule has 1 aromatic rings. The van der Waals surface area contributed by atoms with E-state index in [1.165, 1.54) is 0 Å². The summed E-state index contributed by atoms with van der Waals surface area (Å²) in [6, 6.07) is 0. The van der Waals surface area contributed by atoms with Crippen LogP contribution in [0, 0.1) is 10.1 Å². The lowest BCUT2D eigenvalue weighted by molar-refractivity contribution is -0.394. The van der Waals surface area contributed by atoms with Crippen molar-refractivity contribution < 1.29 is 26.9 Å². The summed E-state index contributed by atoms with van der Waals surface area (Å²) in [5, 5.41) is 16.5. The molecule has 0 amide bonds. The van der Waals surface area contributed by atoms with Crippen LogP contribution in [0.1, 0.15) is 38.3 Å². The lowest BCUT2D eigenvalue weighted by atomic mass is 10.2. The van der Waals surface area contributed by atoms with Gasteiger partial charge in [-0.05, 0) is 11.3 Å². The number of hydrogen-bond acceptors (Lipinski definition) is 4. The van der Waals surface area contributed by atoms with Crippen LogP contribution in [0.5, 0.6) is 0 Å². The molecule has 0 saturated heterocycles. The third kappa shape index (κ3) is 3.64. The summed E-state index contributed by atoms with van der Waals surface area (Å²) in [6.07, 6.45) is -3.50. The molecule has 0 spiro atoms. The van der Waals surface area contributed by atoms with Gasteiger partial charge in [0.25, 0.3) is 0 Å². The first-order valence-corrected chi connectivity index (χ1v) is 6.15. The summed E-state index contributed by atoms with van der Waals surface area (Å²) >= 11 is 0. The molecule has 0 bridgehead atoms. The van der Waals surface area contributed by atoms with Gasteiger partial charge in [0.05, 0.1) is 5.21 Å². The molecule has 21 heavy (non-hydrogen) atoms. The minimum atomic E-state index is -5.96. The Morgan fingerprint density at radius 1 is 1.19 bits per heavy atom. The Labute approximate surface area is 116 Å². The fourth-order valence-corrected chi connectivity index (χ4v) is 1.71. The van der Waals surface area contributed by atoms with Gasteiger partial charge in [0.15, 0.2) is 0 Å². The largest absolute Gasteiger partial charge is 0.460 e. The zero-order valence-electron chi connectivity index (χ0n) is 11.0. The highest BCUT2D eigenvalue weighted by molar-refractivity contribution is 5.30. The smallest absolute Gasteiger partial charge is 0.358 e. The minimum absolute atomic E-state index is 0.265. The summed E-state index contributed by atoms with van der Waals surface area (Å²) in [7, 11) is 0. The number of aryl methyl sites for hydroxylation is 1. The molecule has 11 heteroatoms. The standard InChI is InChI=1S/C10H13F5N4O2/c1-2-3-4-5-6-18-7(8(16-17-18)19(20)21)9(11,12)10(13,14)15/h2-6H2,1H3. The van der Waals surface area contributed by atoms with E-state index >= 15 is 0 Å². The van der Waals surface area contributed by atoms with Crippen LogP contribution in [-0.4, -0.2) is 26.1 Å². The fraction of sp³-hybridized carbons (Fsp3) is 0.800. The Kier molecular flexibility index (Phi) is 5.18. The summed E-state index contributed by atoms with van der Waals surface area (Å²) in [5.41, 5.74) is -1.82. The van der Waals surface area contributed by atoms with Crippen molar-refractivity contribution in [1.82, 2.24) is 15.0 Å². The zero-order chi connectivity index (χ0) is 16.3. The Balaban J connectivity index is 3.14. The van der Waals surface area contributed by atoms with Crippen molar-refractivity contribution in [2.75, 3.05) is 0 Å². The number of halogens is 5. The maximum absolute atomic E-state index is 13.4. The lowest BCUT2D eigenvalue weighted by Crippen LogP contribution is -2.36. The molecule has 0 unspecified atom stereocenters. The molecule has 1 rings (SSSR count). The Morgan fingerprint density at radius 3 is 2.29 bits per heavy atom. The maximum atomic E-state index is 13.4. The molecule has 0 N–H and O–H groups in total. The van der Waals surface area contributed by atoms with Crippen LogP contribution in [0.2, 0.25) is 0 Å². The van der Waals surface area contributed by atoms with Gasteiger partial charge in [-0.2, -0.15) is 22.0 Å². The van der Waals surface area contributed by atoms with Crippen LogP contribution in [0.25, 0.3) is 0 Å². The monoisotopic (exact) mass is 316 g/mol. The Hall–Kier alpha value is -1.81. The van der Waals surface area contributed by atoms with Crippen molar-refractivity contribution in [3.8, 4) is 0 Å². The van der Waals surface area contributed by atoms with E-state index in [0.717, 1.165) is 12.8 Å². The molecule has 0 aliphatic rings. The van der Waals surface area contributed by atoms with Gasteiger partial charge < -0.3 is 10.1 Å². The van der Waals surface area contributed by atoms with Gasteiger partial charge in [-0.1, -0.05) is 26.2 Å². The first-order chi connectivity index (χ1) is 9.63. The third-order valence-corrected chi connectivity index (χ3v) is 2.77. The van der Waals surface area contributed by atoms with E-state index in [9.17, 15) is 32.1 Å². The van der Waals surface area contributed by atoms with E-state index in [0.29, 0.717) is 6.42 Å². The molecule has 6 nitrogen and oxygen atoms in total. The van der Waals surface area contributed by atoms with Crippen molar-refractivity contribution in [3.05, 3.63) is 15.8 Å². The van der Waals surface area contributed by atoms with E-state index in [1.807, 2.05) is 6.92 Å². The lowest BCUT2D eigenvalue weighted by Gasteiger charge is -2.19. The number of nitrogens with zero attached hydrogens (tertiary/aromatic N) is 4. The minimum Gasteiger partial charge on any atom is -0.358 e. The second-order valence-electron chi connectivity index (χ2n) is 4.37. The van der Waals surface area contributed by atoms with Gasteiger partial charge in [0.2, 0.25) is 5.69 Å². The topological polar surface area (TPSA) is 73.8 Å². The van der Waals surface area contributed by atoms with Gasteiger partial charge in [0, 0.05) is 6.54 Å². The SMILES string of the molecule is CCCCCCn1nnc([N+](=O)[O-])c1C(F)(F)C(F)(F)F. The van der Waals surface area contributed by atoms with Crippen molar-refractivity contribution in [2.45, 2.75) is 51.3 Å². The van der Waals surface area contributed by atoms with E-state index in [-0.39, 0.29) is 17.6 Å². The summed E-state index contributed by atoms with van der Waals surface area (Å²) < 4.78 is 64.4. The summed E-state index contributed by atoms with van der Waals surface area (Å²) in [4.78, 5) is 9.18. The second kappa shape index (κ2) is 6.31. The van der Waals surface area contributed by atoms with Crippen molar-refractivity contribution in [3.63, 3.8) is 0 Å². The van der Waals surface area contributed by atoms with Crippen LogP contribution >= 0.6 is 0 Å². The van der Waals surface area contributed by atoms with Gasteiger partial charge in [0.1, 0.15) is 5.10 Å². The summed E-state index contributed by atoms with van der Waals surface area (Å²) in [6.45, 7) is 1.60. The summed E-state index contributed by atoms with van der Waals surface area (Å²) in [5.74, 6) is -6.96. The number of unbranched alkanes of at least 4 members (excludes halogenated alkanes) is 3. The maximum Gasteiger partial charge on any atom is 0.460 e. The normalized spacial score (nSPS) is 12.7. The number of alkyl halides is 5. The van der Waals surface area contributed by atoms with Crippen LogP contribution in [-0.2, 0) is 12.5 Å². The van der Waals surface area contributed by atoms with Crippen LogP contribution in [0.3, 0.4) is 0 Å². The van der Waals surface area contributed by atoms with E-state index < -0.39 is 28.5 Å². The number of aromatic nitrogens is 3. The number of hydrogen-bond donors (Lipinski definition) is 0. The molecule has 0 saturated carbocycles. The molecule has 0 aliphatic carbocycles. The van der Waals surface area contributed by atoms with Gasteiger partial charge in [-0.15, -0.1) is 0 Å². The highest BCUT2D eigenvalue weighted by Gasteiger charge is 2.64. The molecule has 1 heterocycles. The van der Waals surface area contributed by atoms with Gasteiger partial charge in [-0.3, -0.25) is 0 Å². The average Bonchev–Trinajstić information content (AvgIpc) is 2.77. The molecular formula is C10H13F5N4O2. The highest BCUT2D eigenvalue weighted by Crippen LogP contribution is 2.46. The molecule has 0 atom stereocenters. The van der Waals surface area contributed by atoms with Crippen molar-refractivity contribution in [1.29, 1.82) is 0 Å². The van der Waals surface area contributed by atoms with E-state index in [1.54, 1.807) is 0 Å². The van der Waals surface area contributed by atoms with Crippen LogP contribution < -0.4 is 0 Å². The zero-order valence-corrected chi connectivity index (χ0v) is 11.0. The van der Waals surface area contributed by atoms with E-state index in [2.05, 4.69) is 10.3 Å². The van der Waals surface area contributed by atoms with Crippen molar-refractivity contribution in [2.24, 2.45) is 0 Å². The highest BCUT2D eigenvalue weighted by atomic mass is 19.4. The predicted octanol–water partition coefficient (Wildman–Crippen LogP) is 3.42. The van der Waals surface area contributed by atoms with Crippen molar-refractivity contribution >= 4 is 5.82 Å². The molecule has 0 aliphatic heterocycles. The van der Waals surface area contributed by atoms with Crippen LogP contribution in [0.15, 0.2) is 0 Å². The number of nitro groups is 1. The molecule has 0 aromatic carbocycles. The van der Waals surface area contributed by atoms with Crippen LogP contribution in [0.4, 0.5) is 27.8 Å². The molecule has 1 aromatic heterocycles. The first-order valence-electron chi connectivity index (χ1n) is 6.15. The first kappa shape index (κ1) is 17.2. The fourth-order valence-electron chi connectivity index (χ4n) is 1.71. The molecule has 0 radical (unpaired) electrons. The average molecular weight is 316 g/mol. The van der Waals surface area contributed by atoms with Gasteiger partial charge in [-0.25, -0.2) is 4.68 Å². The number of rotatable bonds is 7. The molecule has 120 valence electrons. The Morgan fingerprint density at radius 2 is 1.81 bits per heavy atom. The predicted molar refractivity (Wildman–Crippen MR) is 60.8 cm³/mol. The van der Waals surface area contributed by atoms with E-state index in [4.69, 9.17) is 0 Å². The molecular weight excluding hydrogens is 303 g/mol. The quantitative estimate of drug-likeness (QED) is 0.334. The molecule has 0 fully saturated rings. The van der Waals surface area contributed by atoms with Gasteiger partial charge >= 0.3 is 17.9 Å². The Bertz CT molecular complexity index is 500.